The zero-order valence-corrected chi connectivity index (χ0v) is 18.5. The quantitative estimate of drug-likeness (QED) is 0.404. The average molecular weight is 482 g/mol. The Morgan fingerprint density at radius 1 is 1.03 bits per heavy atom. The molecule has 0 radical (unpaired) electrons. The Bertz CT molecular complexity index is 1190. The molecule has 150 valence electrons. The van der Waals surface area contributed by atoms with E-state index in [2.05, 4.69) is 31.3 Å². The number of rotatable bonds is 5. The monoisotopic (exact) mass is 480 g/mol. The number of nitrogens with one attached hydrogen (secondary N) is 1. The summed E-state index contributed by atoms with van der Waals surface area (Å²) in [6.07, 6.45) is 0. The molecule has 0 bridgehead atoms. The van der Waals surface area contributed by atoms with Crippen LogP contribution in [0.3, 0.4) is 0 Å². The summed E-state index contributed by atoms with van der Waals surface area (Å²) in [6, 6.07) is 23.0. The van der Waals surface area contributed by atoms with E-state index in [1.165, 1.54) is 0 Å². The molecule has 0 fully saturated rings. The van der Waals surface area contributed by atoms with Gasteiger partial charge in [-0.1, -0.05) is 76.1 Å². The number of hydrogen-bond donors (Lipinski definition) is 1. The number of carbonyl (C=O) groups excluding carboxylic acids is 1. The van der Waals surface area contributed by atoms with Gasteiger partial charge in [-0.3, -0.25) is 4.79 Å². The molecule has 4 rings (SSSR count). The molecule has 1 aromatic heterocycles. The van der Waals surface area contributed by atoms with Crippen LogP contribution in [0.15, 0.2) is 77.3 Å². The van der Waals surface area contributed by atoms with Gasteiger partial charge >= 0.3 is 0 Å². The van der Waals surface area contributed by atoms with Gasteiger partial charge in [-0.25, -0.2) is 9.67 Å². The molecule has 0 spiro atoms. The second-order valence-electron chi connectivity index (χ2n) is 6.73. The Hall–Kier alpha value is -2.96. The minimum atomic E-state index is -0.337. The third-order valence-electron chi connectivity index (χ3n) is 4.68. The van der Waals surface area contributed by atoms with E-state index in [9.17, 15) is 4.79 Å². The van der Waals surface area contributed by atoms with Crippen molar-refractivity contribution >= 4 is 33.4 Å². The van der Waals surface area contributed by atoms with Crippen LogP contribution in [0.25, 0.3) is 17.1 Å². The lowest BCUT2D eigenvalue weighted by atomic mass is 10.1. The zero-order chi connectivity index (χ0) is 21.1. The summed E-state index contributed by atoms with van der Waals surface area (Å²) in [5.41, 5.74) is 3.48. The number of carbonyl (C=O) groups is 1. The molecular formula is C23H18BrClN4O. The lowest BCUT2D eigenvalue weighted by Gasteiger charge is -2.10. The lowest BCUT2D eigenvalue weighted by Crippen LogP contribution is -2.24. The van der Waals surface area contributed by atoms with Crippen LogP contribution in [0.2, 0.25) is 5.02 Å². The Kier molecular flexibility index (Phi) is 5.97. The van der Waals surface area contributed by atoms with Crippen molar-refractivity contribution < 1.29 is 4.79 Å². The van der Waals surface area contributed by atoms with Crippen molar-refractivity contribution in [2.45, 2.75) is 13.5 Å². The van der Waals surface area contributed by atoms with Crippen molar-refractivity contribution in [1.29, 1.82) is 0 Å². The van der Waals surface area contributed by atoms with Crippen LogP contribution >= 0.6 is 27.5 Å². The summed E-state index contributed by atoms with van der Waals surface area (Å²) in [4.78, 5) is 17.3. The van der Waals surface area contributed by atoms with Gasteiger partial charge in [-0.2, -0.15) is 0 Å². The predicted octanol–water partition coefficient (Wildman–Crippen LogP) is 5.59. The molecule has 7 heteroatoms. The third-order valence-corrected chi connectivity index (χ3v) is 5.61. The second-order valence-corrected chi connectivity index (χ2v) is 8.05. The highest BCUT2D eigenvalue weighted by atomic mass is 79.9. The minimum absolute atomic E-state index is 0.100. The van der Waals surface area contributed by atoms with E-state index >= 15 is 0 Å². The normalized spacial score (nSPS) is 10.8. The molecule has 0 aliphatic rings. The minimum Gasteiger partial charge on any atom is -0.345 e. The molecule has 30 heavy (non-hydrogen) atoms. The smallest absolute Gasteiger partial charge is 0.291 e. The first-order valence-electron chi connectivity index (χ1n) is 9.33. The third kappa shape index (κ3) is 4.30. The molecular weight excluding hydrogens is 464 g/mol. The van der Waals surface area contributed by atoms with Crippen molar-refractivity contribution in [3.63, 3.8) is 0 Å². The Labute approximate surface area is 187 Å². The molecule has 4 aromatic rings. The standard InChI is InChI=1S/C23H18BrClN4O/c1-15-19(25)8-5-9-20(15)29-22(17-10-12-18(24)13-11-17)27-21(28-29)23(30)26-14-16-6-3-2-4-7-16/h2-13H,14H2,1H3,(H,26,30). The zero-order valence-electron chi connectivity index (χ0n) is 16.1. The largest absolute Gasteiger partial charge is 0.345 e. The van der Waals surface area contributed by atoms with Crippen LogP contribution in [0.5, 0.6) is 0 Å². The van der Waals surface area contributed by atoms with Gasteiger partial charge in [-0.05, 0) is 42.3 Å². The van der Waals surface area contributed by atoms with E-state index in [1.807, 2.05) is 79.7 Å². The molecule has 3 aromatic carbocycles. The van der Waals surface area contributed by atoms with Crippen molar-refractivity contribution in [1.82, 2.24) is 20.1 Å². The number of hydrogen-bond acceptors (Lipinski definition) is 3. The molecule has 0 aliphatic carbocycles. The summed E-state index contributed by atoms with van der Waals surface area (Å²) in [5, 5.41) is 8.02. The number of amides is 1. The average Bonchev–Trinajstić information content (AvgIpc) is 3.20. The van der Waals surface area contributed by atoms with Crippen LogP contribution in [0.4, 0.5) is 0 Å². The topological polar surface area (TPSA) is 59.8 Å². The van der Waals surface area contributed by atoms with E-state index in [4.69, 9.17) is 11.6 Å². The predicted molar refractivity (Wildman–Crippen MR) is 122 cm³/mol. The van der Waals surface area contributed by atoms with Gasteiger partial charge in [0.05, 0.1) is 5.69 Å². The summed E-state index contributed by atoms with van der Waals surface area (Å²) >= 11 is 9.77. The van der Waals surface area contributed by atoms with E-state index in [0.29, 0.717) is 17.4 Å². The highest BCUT2D eigenvalue weighted by Gasteiger charge is 2.20. The molecule has 1 heterocycles. The molecule has 1 N–H and O–H groups in total. The maximum atomic E-state index is 12.8. The van der Waals surface area contributed by atoms with Crippen LogP contribution in [0.1, 0.15) is 21.7 Å². The van der Waals surface area contributed by atoms with Gasteiger partial charge < -0.3 is 5.32 Å². The molecule has 0 saturated carbocycles. The lowest BCUT2D eigenvalue weighted by molar-refractivity contribution is 0.0940. The van der Waals surface area contributed by atoms with Crippen molar-refractivity contribution in [2.75, 3.05) is 0 Å². The van der Waals surface area contributed by atoms with Crippen molar-refractivity contribution in [3.05, 3.63) is 99.2 Å². The van der Waals surface area contributed by atoms with E-state index in [0.717, 1.165) is 26.9 Å². The highest BCUT2D eigenvalue weighted by Crippen LogP contribution is 2.27. The van der Waals surface area contributed by atoms with Crippen LogP contribution in [0, 0.1) is 6.92 Å². The van der Waals surface area contributed by atoms with Gasteiger partial charge in [0.25, 0.3) is 5.91 Å². The SMILES string of the molecule is Cc1c(Cl)cccc1-n1nc(C(=O)NCc2ccccc2)nc1-c1ccc(Br)cc1. The van der Waals surface area contributed by atoms with Gasteiger partial charge in [-0.15, -0.1) is 5.10 Å². The molecule has 1 amide bonds. The second kappa shape index (κ2) is 8.81. The van der Waals surface area contributed by atoms with Crippen LogP contribution < -0.4 is 5.32 Å². The fraction of sp³-hybridized carbons (Fsp3) is 0.0870. The first-order chi connectivity index (χ1) is 14.5. The fourth-order valence-electron chi connectivity index (χ4n) is 3.04. The fourth-order valence-corrected chi connectivity index (χ4v) is 3.48. The van der Waals surface area contributed by atoms with Crippen LogP contribution in [-0.2, 0) is 6.54 Å². The maximum Gasteiger partial charge on any atom is 0.291 e. The van der Waals surface area contributed by atoms with Gasteiger partial charge in [0.1, 0.15) is 0 Å². The summed E-state index contributed by atoms with van der Waals surface area (Å²) < 4.78 is 2.62. The first-order valence-corrected chi connectivity index (χ1v) is 10.5. The van der Waals surface area contributed by atoms with E-state index in [1.54, 1.807) is 4.68 Å². The highest BCUT2D eigenvalue weighted by molar-refractivity contribution is 9.10. The number of aromatic nitrogens is 3. The Balaban J connectivity index is 1.73. The molecule has 0 unspecified atom stereocenters. The maximum absolute atomic E-state index is 12.8. The van der Waals surface area contributed by atoms with Gasteiger partial charge in [0.2, 0.25) is 5.82 Å². The summed E-state index contributed by atoms with van der Waals surface area (Å²) in [5.74, 6) is 0.330. The molecule has 0 saturated heterocycles. The molecule has 5 nitrogen and oxygen atoms in total. The van der Waals surface area contributed by atoms with E-state index in [-0.39, 0.29) is 11.7 Å². The van der Waals surface area contributed by atoms with E-state index < -0.39 is 0 Å². The Morgan fingerprint density at radius 2 is 1.77 bits per heavy atom. The molecule has 0 atom stereocenters. The first kappa shape index (κ1) is 20.3. The van der Waals surface area contributed by atoms with Gasteiger partial charge in [0, 0.05) is 21.6 Å². The van der Waals surface area contributed by atoms with Crippen molar-refractivity contribution in [3.8, 4) is 17.1 Å². The summed E-state index contributed by atoms with van der Waals surface area (Å²) in [7, 11) is 0. The molecule has 0 aliphatic heterocycles. The van der Waals surface area contributed by atoms with Crippen molar-refractivity contribution in [2.24, 2.45) is 0 Å². The Morgan fingerprint density at radius 3 is 2.50 bits per heavy atom. The number of halogens is 2. The summed E-state index contributed by atoms with van der Waals surface area (Å²) in [6.45, 7) is 2.32. The van der Waals surface area contributed by atoms with Gasteiger partial charge in [0.15, 0.2) is 5.82 Å². The number of benzene rings is 3. The number of nitrogens with zero attached hydrogens (tertiary/aromatic N) is 3. The van der Waals surface area contributed by atoms with Crippen LogP contribution in [-0.4, -0.2) is 20.7 Å².